The minimum absolute atomic E-state index is 0.0384. The van der Waals surface area contributed by atoms with Gasteiger partial charge in [0.15, 0.2) is 0 Å². The first-order chi connectivity index (χ1) is 18.3. The van der Waals surface area contributed by atoms with Gasteiger partial charge in [0, 0.05) is 43.4 Å². The van der Waals surface area contributed by atoms with Crippen molar-refractivity contribution < 1.29 is 54.0 Å². The molecule has 2 rings (SSSR count). The molecule has 1 heterocycles. The molecule has 1 aliphatic heterocycles. The number of carbonyl (C=O) groups is 7. The number of aliphatic carboxylic acids is 4. The first-order valence-corrected chi connectivity index (χ1v) is 11.6. The number of anilines is 1. The number of carbonyl (C=O) groups excluding carboxylic acids is 3. The zero-order chi connectivity index (χ0) is 29.1. The second-order valence-corrected chi connectivity index (χ2v) is 8.66. The molecule has 15 nitrogen and oxygen atoms in total. The summed E-state index contributed by atoms with van der Waals surface area (Å²) in [6.07, 6.45) is 2.13. The fraction of sp³-hybridized carbons (Fsp3) is 0.375. The summed E-state index contributed by atoms with van der Waals surface area (Å²) in [5.74, 6) is -6.74. The first kappa shape index (κ1) is 30.6. The molecule has 1 aliphatic rings. The van der Waals surface area contributed by atoms with Crippen molar-refractivity contribution in [2.24, 2.45) is 0 Å². The van der Waals surface area contributed by atoms with Crippen molar-refractivity contribution in [1.82, 2.24) is 14.7 Å². The Bertz CT molecular complexity index is 1100. The summed E-state index contributed by atoms with van der Waals surface area (Å²) < 4.78 is 0. The predicted molar refractivity (Wildman–Crippen MR) is 132 cm³/mol. The maximum atomic E-state index is 12.2. The van der Waals surface area contributed by atoms with Gasteiger partial charge in [0.25, 0.3) is 11.8 Å². The molecule has 0 aliphatic carbocycles. The van der Waals surface area contributed by atoms with Crippen LogP contribution in [0.25, 0.3) is 0 Å². The van der Waals surface area contributed by atoms with Crippen LogP contribution in [0.3, 0.4) is 0 Å². The van der Waals surface area contributed by atoms with Gasteiger partial charge >= 0.3 is 23.9 Å². The van der Waals surface area contributed by atoms with Gasteiger partial charge < -0.3 is 25.7 Å². The average molecular weight is 549 g/mol. The van der Waals surface area contributed by atoms with E-state index in [1.807, 2.05) is 0 Å². The molecule has 5 N–H and O–H groups in total. The molecule has 15 heteroatoms. The van der Waals surface area contributed by atoms with Gasteiger partial charge in [0.2, 0.25) is 5.91 Å². The molecular formula is C24H28N4O11. The Morgan fingerprint density at radius 2 is 1.26 bits per heavy atom. The van der Waals surface area contributed by atoms with E-state index in [1.54, 1.807) is 12.1 Å². The van der Waals surface area contributed by atoms with E-state index in [2.05, 4.69) is 5.32 Å². The van der Waals surface area contributed by atoms with Crippen LogP contribution in [0.1, 0.15) is 12.0 Å². The highest BCUT2D eigenvalue weighted by molar-refractivity contribution is 6.13. The van der Waals surface area contributed by atoms with Gasteiger partial charge in [-0.25, -0.2) is 0 Å². The van der Waals surface area contributed by atoms with Crippen LogP contribution in [0.4, 0.5) is 5.69 Å². The molecular weight excluding hydrogens is 520 g/mol. The quantitative estimate of drug-likeness (QED) is 0.144. The molecule has 0 saturated carbocycles. The maximum absolute atomic E-state index is 12.2. The van der Waals surface area contributed by atoms with Gasteiger partial charge in [-0.15, -0.1) is 0 Å². The lowest BCUT2D eigenvalue weighted by Gasteiger charge is -2.33. The van der Waals surface area contributed by atoms with Crippen LogP contribution in [-0.4, -0.2) is 122 Å². The molecule has 1 unspecified atom stereocenters. The molecule has 0 spiro atoms. The molecule has 0 aromatic heterocycles. The summed E-state index contributed by atoms with van der Waals surface area (Å²) in [7, 11) is 0. The maximum Gasteiger partial charge on any atom is 0.317 e. The van der Waals surface area contributed by atoms with Crippen LogP contribution in [-0.2, 0) is 40.0 Å². The lowest BCUT2D eigenvalue weighted by atomic mass is 10.0. The van der Waals surface area contributed by atoms with Crippen LogP contribution >= 0.6 is 0 Å². The van der Waals surface area contributed by atoms with E-state index in [0.29, 0.717) is 11.3 Å². The van der Waals surface area contributed by atoms with Crippen LogP contribution in [0.15, 0.2) is 36.4 Å². The van der Waals surface area contributed by atoms with Crippen molar-refractivity contribution >= 4 is 47.3 Å². The Balaban J connectivity index is 2.13. The SMILES string of the molecule is O=C(O)CN(CC(=O)O)CC(Cc1ccc(NC(=O)CCN2C(=O)C=CC2=O)cc1)N(CC(=O)O)CC(=O)O. The number of amides is 3. The highest BCUT2D eigenvalue weighted by Gasteiger charge is 2.28. The summed E-state index contributed by atoms with van der Waals surface area (Å²) in [6, 6.07) is 5.34. The molecule has 3 amide bonds. The summed E-state index contributed by atoms with van der Waals surface area (Å²) >= 11 is 0. The Morgan fingerprint density at radius 1 is 0.769 bits per heavy atom. The Kier molecular flexibility index (Phi) is 11.3. The molecule has 1 aromatic carbocycles. The molecule has 210 valence electrons. The third-order valence-corrected chi connectivity index (χ3v) is 5.55. The zero-order valence-electron chi connectivity index (χ0n) is 20.7. The summed E-state index contributed by atoms with van der Waals surface area (Å²) in [4.78, 5) is 83.7. The zero-order valence-corrected chi connectivity index (χ0v) is 20.7. The van der Waals surface area contributed by atoms with Crippen LogP contribution in [0, 0.1) is 0 Å². The fourth-order valence-corrected chi connectivity index (χ4v) is 3.92. The monoisotopic (exact) mass is 548 g/mol. The van der Waals surface area contributed by atoms with E-state index in [1.165, 1.54) is 12.1 Å². The van der Waals surface area contributed by atoms with Crippen molar-refractivity contribution in [3.63, 3.8) is 0 Å². The Labute approximate surface area is 221 Å². The largest absolute Gasteiger partial charge is 0.480 e. The fourth-order valence-electron chi connectivity index (χ4n) is 3.92. The van der Waals surface area contributed by atoms with Gasteiger partial charge in [0.1, 0.15) is 0 Å². The van der Waals surface area contributed by atoms with E-state index in [4.69, 9.17) is 10.2 Å². The van der Waals surface area contributed by atoms with Gasteiger partial charge in [-0.1, -0.05) is 12.1 Å². The highest BCUT2D eigenvalue weighted by Crippen LogP contribution is 2.16. The molecule has 0 fully saturated rings. The van der Waals surface area contributed by atoms with Crippen molar-refractivity contribution in [3.8, 4) is 0 Å². The number of rotatable bonds is 17. The minimum atomic E-state index is -1.32. The number of hydrogen-bond donors (Lipinski definition) is 5. The Morgan fingerprint density at radius 3 is 1.72 bits per heavy atom. The van der Waals surface area contributed by atoms with Crippen LogP contribution in [0.2, 0.25) is 0 Å². The molecule has 0 bridgehead atoms. The number of imide groups is 1. The molecule has 0 radical (unpaired) electrons. The van der Waals surface area contributed by atoms with E-state index >= 15 is 0 Å². The smallest absolute Gasteiger partial charge is 0.317 e. The predicted octanol–water partition coefficient (Wildman–Crippen LogP) is -1.21. The highest BCUT2D eigenvalue weighted by atomic mass is 16.4. The minimum Gasteiger partial charge on any atom is -0.480 e. The third kappa shape index (κ3) is 10.7. The van der Waals surface area contributed by atoms with E-state index in [-0.39, 0.29) is 25.9 Å². The normalized spacial score (nSPS) is 13.6. The Hall–Kier alpha value is -4.63. The lowest BCUT2D eigenvalue weighted by Crippen LogP contribution is -2.50. The summed E-state index contributed by atoms with van der Waals surface area (Å²) in [5.41, 5.74) is 0.951. The number of carboxylic acid groups (broad SMARTS) is 4. The number of carboxylic acids is 4. The van der Waals surface area contributed by atoms with E-state index in [9.17, 15) is 43.8 Å². The van der Waals surface area contributed by atoms with Crippen molar-refractivity contribution in [1.29, 1.82) is 0 Å². The first-order valence-electron chi connectivity index (χ1n) is 11.6. The second-order valence-electron chi connectivity index (χ2n) is 8.66. The van der Waals surface area contributed by atoms with Crippen LogP contribution < -0.4 is 5.32 Å². The van der Waals surface area contributed by atoms with Crippen molar-refractivity contribution in [2.75, 3.05) is 44.6 Å². The number of benzene rings is 1. The second kappa shape index (κ2) is 14.3. The number of nitrogens with one attached hydrogen (secondary N) is 1. The topological polar surface area (TPSA) is 222 Å². The molecule has 1 atom stereocenters. The summed E-state index contributed by atoms with van der Waals surface area (Å²) in [6.45, 7) is -3.03. The molecule has 1 aromatic rings. The average Bonchev–Trinajstić information content (AvgIpc) is 3.13. The van der Waals surface area contributed by atoms with Gasteiger partial charge in [-0.2, -0.15) is 0 Å². The number of hydrogen-bond acceptors (Lipinski definition) is 9. The van der Waals surface area contributed by atoms with Crippen molar-refractivity contribution in [2.45, 2.75) is 18.9 Å². The van der Waals surface area contributed by atoms with Gasteiger partial charge in [-0.3, -0.25) is 48.3 Å². The van der Waals surface area contributed by atoms with E-state index in [0.717, 1.165) is 26.9 Å². The molecule has 0 saturated heterocycles. The van der Waals surface area contributed by atoms with Gasteiger partial charge in [-0.05, 0) is 24.1 Å². The molecule has 39 heavy (non-hydrogen) atoms. The van der Waals surface area contributed by atoms with Crippen molar-refractivity contribution in [3.05, 3.63) is 42.0 Å². The third-order valence-electron chi connectivity index (χ3n) is 5.55. The standard InChI is InChI=1S/C24H28N4O11/c29-18(7-8-28-19(30)5-6-20(28)31)25-16-3-1-15(2-4-16)9-17(27(13-23(36)37)14-24(38)39)10-26(11-21(32)33)12-22(34)35/h1-6,17H,7-14H2,(H,25,29)(H,32,33)(H,34,35)(H,36,37)(H,38,39). The lowest BCUT2D eigenvalue weighted by molar-refractivity contribution is -0.146. The summed E-state index contributed by atoms with van der Waals surface area (Å²) in [5, 5.41) is 39.5. The van der Waals surface area contributed by atoms with E-state index < -0.39 is 73.8 Å². The van der Waals surface area contributed by atoms with Gasteiger partial charge in [0.05, 0.1) is 26.2 Å². The van der Waals surface area contributed by atoms with Crippen LogP contribution in [0.5, 0.6) is 0 Å². The number of nitrogens with zero attached hydrogens (tertiary/aromatic N) is 3.